The lowest BCUT2D eigenvalue weighted by Crippen LogP contribution is -2.46. The van der Waals surface area contributed by atoms with E-state index in [0.717, 1.165) is 24.3 Å². The van der Waals surface area contributed by atoms with Crippen LogP contribution in [0, 0.1) is 12.7 Å². The number of ether oxygens (including phenoxy) is 1. The number of methoxy groups -OCH3 is 1. The molecule has 176 valence electrons. The summed E-state index contributed by atoms with van der Waals surface area (Å²) in [6, 6.07) is 15.8. The quantitative estimate of drug-likeness (QED) is 0.369. The van der Waals surface area contributed by atoms with Crippen molar-refractivity contribution in [3.63, 3.8) is 0 Å². The van der Waals surface area contributed by atoms with E-state index in [-0.39, 0.29) is 23.3 Å². The molecule has 0 amide bonds. The zero-order valence-corrected chi connectivity index (χ0v) is 18.8. The molecule has 4 rings (SSSR count). The minimum atomic E-state index is -1.13. The van der Waals surface area contributed by atoms with Crippen molar-refractivity contribution in [1.29, 1.82) is 0 Å². The lowest BCUT2D eigenvalue weighted by molar-refractivity contribution is 0.139. The number of aliphatic hydroxyl groups is 1. The van der Waals surface area contributed by atoms with Crippen molar-refractivity contribution in [1.82, 2.24) is 20.0 Å². The molecule has 0 bridgehead atoms. The number of likely N-dealkylation sites (tertiary alicyclic amines) is 1. The number of nitrogens with one attached hydrogen (secondary N) is 3. The molecule has 1 saturated heterocycles. The Balaban J connectivity index is 1.53. The minimum absolute atomic E-state index is 0.0161. The Morgan fingerprint density at radius 3 is 2.73 bits per heavy atom. The molecule has 0 radical (unpaired) electrons. The van der Waals surface area contributed by atoms with Crippen molar-refractivity contribution >= 4 is 5.82 Å². The lowest BCUT2D eigenvalue weighted by Gasteiger charge is -2.25. The molecule has 1 fully saturated rings. The van der Waals surface area contributed by atoms with Crippen LogP contribution in [0.15, 0.2) is 59.4 Å². The fraction of sp³-hybridized carbons (Fsp3) is 0.375. The van der Waals surface area contributed by atoms with Gasteiger partial charge in [-0.1, -0.05) is 30.3 Å². The van der Waals surface area contributed by atoms with Crippen LogP contribution in [0.2, 0.25) is 0 Å². The van der Waals surface area contributed by atoms with Crippen molar-refractivity contribution in [3.8, 4) is 5.69 Å². The number of nitrogens with zero attached hydrogens (tertiary/aromatic N) is 2. The summed E-state index contributed by atoms with van der Waals surface area (Å²) in [6.07, 6.45) is -1.13. The number of aromatic nitrogens is 2. The Hall–Kier alpha value is -2.98. The molecule has 3 unspecified atom stereocenters. The van der Waals surface area contributed by atoms with E-state index in [9.17, 15) is 14.3 Å². The van der Waals surface area contributed by atoms with Crippen LogP contribution in [0.3, 0.4) is 0 Å². The molecule has 1 aliphatic rings. The highest BCUT2D eigenvalue weighted by Crippen LogP contribution is 2.28. The zero-order chi connectivity index (χ0) is 23.4. The van der Waals surface area contributed by atoms with E-state index in [1.54, 1.807) is 30.8 Å². The van der Waals surface area contributed by atoms with Crippen LogP contribution < -0.4 is 16.2 Å². The number of para-hydroxylation sites is 1. The number of halogens is 1. The first-order valence-corrected chi connectivity index (χ1v) is 11.0. The molecule has 3 aromatic rings. The summed E-state index contributed by atoms with van der Waals surface area (Å²) < 4.78 is 20.7. The largest absolute Gasteiger partial charge is 0.383 e. The summed E-state index contributed by atoms with van der Waals surface area (Å²) in [5.74, 6) is 0.176. The van der Waals surface area contributed by atoms with Gasteiger partial charge in [0.1, 0.15) is 11.6 Å². The molecule has 1 aromatic heterocycles. The molecule has 3 atom stereocenters. The fourth-order valence-electron chi connectivity index (χ4n) is 4.37. The van der Waals surface area contributed by atoms with Crippen LogP contribution in [-0.2, 0) is 4.74 Å². The van der Waals surface area contributed by atoms with Crippen molar-refractivity contribution in [2.24, 2.45) is 0 Å². The second-order valence-electron chi connectivity index (χ2n) is 8.32. The van der Waals surface area contributed by atoms with E-state index in [1.165, 1.54) is 6.07 Å². The SMILES string of the molecule is COCCN1CC(NC(O)Nc2c(C)c(=O)[nH]n2-c2ccccc2)C(c2cccc(F)c2)C1. The summed E-state index contributed by atoms with van der Waals surface area (Å²) in [4.78, 5) is 14.5. The standard InChI is InChI=1S/C24H30FN5O3/c1-16-22(30(28-23(16)31)19-9-4-3-5-10-19)27-24(32)26-21-15-29(11-12-33-2)14-20(21)17-7-6-8-18(25)13-17/h3-10,13,20-21,24,26-27,32H,11-12,14-15H2,1-2H3,(H,28,31). The Kier molecular flexibility index (Phi) is 7.24. The van der Waals surface area contributed by atoms with Gasteiger partial charge in [-0.2, -0.15) is 0 Å². The van der Waals surface area contributed by atoms with Gasteiger partial charge < -0.3 is 15.2 Å². The Labute approximate surface area is 192 Å². The number of hydrogen-bond acceptors (Lipinski definition) is 6. The van der Waals surface area contributed by atoms with Gasteiger partial charge in [-0.25, -0.2) is 9.07 Å². The van der Waals surface area contributed by atoms with Gasteiger partial charge in [-0.3, -0.25) is 20.1 Å². The summed E-state index contributed by atoms with van der Waals surface area (Å²) >= 11 is 0. The monoisotopic (exact) mass is 455 g/mol. The maximum absolute atomic E-state index is 13.9. The molecule has 9 heteroatoms. The first-order chi connectivity index (χ1) is 16.0. The first kappa shape index (κ1) is 23.2. The molecule has 0 spiro atoms. The van der Waals surface area contributed by atoms with Gasteiger partial charge in [0, 0.05) is 38.7 Å². The van der Waals surface area contributed by atoms with Gasteiger partial charge in [0.2, 0.25) is 0 Å². The van der Waals surface area contributed by atoms with Crippen molar-refractivity contribution < 1.29 is 14.2 Å². The van der Waals surface area contributed by atoms with Crippen molar-refractivity contribution in [3.05, 3.63) is 81.9 Å². The molecule has 33 heavy (non-hydrogen) atoms. The van der Waals surface area contributed by atoms with Crippen LogP contribution in [-0.4, -0.2) is 65.5 Å². The zero-order valence-electron chi connectivity index (χ0n) is 18.8. The van der Waals surface area contributed by atoms with E-state index in [0.29, 0.717) is 24.5 Å². The van der Waals surface area contributed by atoms with E-state index in [2.05, 4.69) is 20.6 Å². The maximum atomic E-state index is 13.9. The van der Waals surface area contributed by atoms with Gasteiger partial charge >= 0.3 is 0 Å². The number of aliphatic hydroxyl groups excluding tert-OH is 1. The number of hydrogen-bond donors (Lipinski definition) is 4. The van der Waals surface area contributed by atoms with Gasteiger partial charge in [-0.15, -0.1) is 0 Å². The van der Waals surface area contributed by atoms with Crippen LogP contribution in [0.25, 0.3) is 5.69 Å². The second-order valence-corrected chi connectivity index (χ2v) is 8.32. The van der Waals surface area contributed by atoms with Crippen LogP contribution in [0.5, 0.6) is 0 Å². The Bertz CT molecular complexity index is 1120. The van der Waals surface area contributed by atoms with Crippen LogP contribution >= 0.6 is 0 Å². The van der Waals surface area contributed by atoms with Crippen LogP contribution in [0.1, 0.15) is 17.0 Å². The van der Waals surface area contributed by atoms with E-state index in [4.69, 9.17) is 4.74 Å². The predicted octanol–water partition coefficient (Wildman–Crippen LogP) is 2.00. The minimum Gasteiger partial charge on any atom is -0.383 e. The highest BCUT2D eigenvalue weighted by molar-refractivity contribution is 5.50. The molecule has 0 saturated carbocycles. The number of aromatic amines is 1. The maximum Gasteiger partial charge on any atom is 0.269 e. The average Bonchev–Trinajstić information content (AvgIpc) is 3.34. The second kappa shape index (κ2) is 10.3. The number of H-pyrrole nitrogens is 1. The summed E-state index contributed by atoms with van der Waals surface area (Å²) in [7, 11) is 1.66. The smallest absolute Gasteiger partial charge is 0.269 e. The molecular formula is C24H30FN5O3. The summed E-state index contributed by atoms with van der Waals surface area (Å²) in [6.45, 7) is 4.42. The average molecular weight is 456 g/mol. The number of rotatable bonds is 9. The summed E-state index contributed by atoms with van der Waals surface area (Å²) in [5.41, 5.74) is 1.87. The van der Waals surface area contributed by atoms with Gasteiger partial charge in [0.15, 0.2) is 6.35 Å². The van der Waals surface area contributed by atoms with Gasteiger partial charge in [-0.05, 0) is 36.8 Å². The molecule has 1 aliphatic heterocycles. The molecule has 0 aliphatic carbocycles. The molecule has 2 heterocycles. The first-order valence-electron chi connectivity index (χ1n) is 11.0. The van der Waals surface area contributed by atoms with Crippen molar-refractivity contribution in [2.45, 2.75) is 25.2 Å². The van der Waals surface area contributed by atoms with Gasteiger partial charge in [0.25, 0.3) is 5.56 Å². The molecular weight excluding hydrogens is 425 g/mol. The molecule has 4 N–H and O–H groups in total. The lowest BCUT2D eigenvalue weighted by atomic mass is 9.94. The third kappa shape index (κ3) is 5.33. The normalized spacial score (nSPS) is 19.6. The molecule has 8 nitrogen and oxygen atoms in total. The Morgan fingerprint density at radius 1 is 1.21 bits per heavy atom. The topological polar surface area (TPSA) is 94.6 Å². The number of anilines is 1. The highest BCUT2D eigenvalue weighted by atomic mass is 19.1. The van der Waals surface area contributed by atoms with Crippen molar-refractivity contribution in [2.75, 3.05) is 38.7 Å². The Morgan fingerprint density at radius 2 is 2.00 bits per heavy atom. The van der Waals surface area contributed by atoms with Gasteiger partial charge in [0.05, 0.1) is 17.9 Å². The third-order valence-corrected chi connectivity index (χ3v) is 6.08. The predicted molar refractivity (Wildman–Crippen MR) is 125 cm³/mol. The van der Waals surface area contributed by atoms with E-state index < -0.39 is 6.35 Å². The molecule has 2 aromatic carbocycles. The number of benzene rings is 2. The summed E-state index contributed by atoms with van der Waals surface area (Å²) in [5, 5.41) is 19.9. The van der Waals surface area contributed by atoms with E-state index in [1.807, 2.05) is 36.4 Å². The van der Waals surface area contributed by atoms with Crippen LogP contribution in [0.4, 0.5) is 10.2 Å². The highest BCUT2D eigenvalue weighted by Gasteiger charge is 2.35. The third-order valence-electron chi connectivity index (χ3n) is 6.08. The fourth-order valence-corrected chi connectivity index (χ4v) is 4.37. The van der Waals surface area contributed by atoms with E-state index >= 15 is 0 Å².